The molecule has 0 radical (unpaired) electrons. The van der Waals surface area contributed by atoms with E-state index in [0.717, 1.165) is 0 Å². The van der Waals surface area contributed by atoms with Gasteiger partial charge in [-0.1, -0.05) is 6.07 Å². The van der Waals surface area contributed by atoms with Crippen LogP contribution in [0.3, 0.4) is 0 Å². The van der Waals surface area contributed by atoms with Gasteiger partial charge in [-0.15, -0.1) is 0 Å². The molecule has 0 aliphatic carbocycles. The van der Waals surface area contributed by atoms with Crippen molar-refractivity contribution in [3.8, 4) is 0 Å². The van der Waals surface area contributed by atoms with E-state index in [2.05, 4.69) is 15.3 Å². The number of carbonyl (C=O) groups excluding carboxylic acids is 1. The lowest BCUT2D eigenvalue weighted by atomic mass is 10.1. The summed E-state index contributed by atoms with van der Waals surface area (Å²) in [5.41, 5.74) is 6.79. The molecule has 7 heteroatoms. The average Bonchev–Trinajstić information content (AvgIpc) is 2.49. The van der Waals surface area contributed by atoms with Crippen molar-refractivity contribution < 1.29 is 9.53 Å². The average molecular weight is 285 g/mol. The third kappa shape index (κ3) is 3.33. The molecule has 2 heterocycles. The van der Waals surface area contributed by atoms with Crippen LogP contribution >= 0.6 is 0 Å². The van der Waals surface area contributed by atoms with Crippen LogP contribution in [0.4, 0.5) is 0 Å². The molecule has 0 amide bonds. The number of carbonyl (C=O) groups is 1. The monoisotopic (exact) mass is 285 g/mol. The summed E-state index contributed by atoms with van der Waals surface area (Å²) in [6.45, 7) is 2.02. The highest BCUT2D eigenvalue weighted by Gasteiger charge is 2.17. The van der Waals surface area contributed by atoms with E-state index in [4.69, 9.17) is 15.9 Å². The van der Waals surface area contributed by atoms with E-state index in [1.807, 2.05) is 0 Å². The Bertz CT molecular complexity index is 647. The molecule has 0 atom stereocenters. The quantitative estimate of drug-likeness (QED) is 0.430. The van der Waals surface area contributed by atoms with Gasteiger partial charge >= 0.3 is 5.97 Å². The van der Waals surface area contributed by atoms with Gasteiger partial charge in [0.15, 0.2) is 0 Å². The maximum absolute atomic E-state index is 11.6. The minimum Gasteiger partial charge on any atom is -0.462 e. The lowest BCUT2D eigenvalue weighted by molar-refractivity contribution is -0.137. The fourth-order valence-electron chi connectivity index (χ4n) is 1.72. The third-order valence-corrected chi connectivity index (χ3v) is 2.64. The molecular weight excluding hydrogens is 270 g/mol. The zero-order valence-electron chi connectivity index (χ0n) is 11.5. The number of nitrogens with one attached hydrogen (secondary N) is 2. The molecule has 7 nitrogen and oxygen atoms in total. The van der Waals surface area contributed by atoms with Crippen LogP contribution in [-0.4, -0.2) is 29.6 Å². The van der Waals surface area contributed by atoms with Crippen LogP contribution in [0.15, 0.2) is 47.0 Å². The largest absolute Gasteiger partial charge is 0.462 e. The first-order valence-electron chi connectivity index (χ1n) is 6.31. The fraction of sp³-hybridized carbons (Fsp3) is 0.143. The second-order valence-electron chi connectivity index (χ2n) is 4.07. The molecule has 1 aromatic rings. The Kier molecular flexibility index (Phi) is 4.45. The summed E-state index contributed by atoms with van der Waals surface area (Å²) >= 11 is 0. The number of ether oxygens (including phenoxy) is 1. The van der Waals surface area contributed by atoms with Gasteiger partial charge in [-0.3, -0.25) is 10.4 Å². The summed E-state index contributed by atoms with van der Waals surface area (Å²) in [5, 5.41) is 10.5. The Balaban J connectivity index is 2.31. The zero-order valence-corrected chi connectivity index (χ0v) is 11.5. The van der Waals surface area contributed by atoms with Crippen molar-refractivity contribution >= 4 is 23.6 Å². The van der Waals surface area contributed by atoms with Gasteiger partial charge in [-0.2, -0.15) is 0 Å². The summed E-state index contributed by atoms with van der Waals surface area (Å²) in [4.78, 5) is 19.8. The molecule has 21 heavy (non-hydrogen) atoms. The van der Waals surface area contributed by atoms with Gasteiger partial charge in [0.05, 0.1) is 23.4 Å². The van der Waals surface area contributed by atoms with Gasteiger partial charge in [0.1, 0.15) is 11.7 Å². The number of hydrogen-bond donors (Lipinski definition) is 3. The summed E-state index contributed by atoms with van der Waals surface area (Å²) in [6, 6.07) is 5.28. The molecule has 1 aliphatic rings. The number of esters is 1. The highest BCUT2D eigenvalue weighted by atomic mass is 16.5. The Morgan fingerprint density at radius 3 is 2.81 bits per heavy atom. The number of hydrogen-bond acceptors (Lipinski definition) is 6. The fourth-order valence-corrected chi connectivity index (χ4v) is 1.72. The van der Waals surface area contributed by atoms with Gasteiger partial charge in [-0.05, 0) is 19.1 Å². The van der Waals surface area contributed by atoms with Crippen LogP contribution < -0.4 is 11.1 Å². The number of aromatic nitrogens is 1. The normalized spacial score (nSPS) is 15.8. The first kappa shape index (κ1) is 14.4. The van der Waals surface area contributed by atoms with Gasteiger partial charge in [-0.25, -0.2) is 9.79 Å². The Hall–Kier alpha value is -2.96. The number of rotatable bonds is 4. The number of amidine groups is 1. The Morgan fingerprint density at radius 1 is 1.48 bits per heavy atom. The van der Waals surface area contributed by atoms with E-state index < -0.39 is 5.97 Å². The topological polar surface area (TPSA) is 113 Å². The molecule has 0 saturated heterocycles. The second-order valence-corrected chi connectivity index (χ2v) is 4.07. The third-order valence-electron chi connectivity index (χ3n) is 2.64. The van der Waals surface area contributed by atoms with Gasteiger partial charge in [0.25, 0.3) is 0 Å². The zero-order chi connectivity index (χ0) is 15.2. The first-order chi connectivity index (χ1) is 10.1. The van der Waals surface area contributed by atoms with Crippen molar-refractivity contribution in [1.29, 1.82) is 5.41 Å². The van der Waals surface area contributed by atoms with E-state index in [9.17, 15) is 4.79 Å². The molecule has 2 rings (SSSR count). The van der Waals surface area contributed by atoms with Crippen LogP contribution in [0.1, 0.15) is 12.6 Å². The van der Waals surface area contributed by atoms with Crippen LogP contribution in [0.25, 0.3) is 5.57 Å². The van der Waals surface area contributed by atoms with Crippen molar-refractivity contribution in [2.24, 2.45) is 10.7 Å². The van der Waals surface area contributed by atoms with Crippen molar-refractivity contribution in [2.45, 2.75) is 6.92 Å². The molecule has 4 N–H and O–H groups in total. The number of pyridine rings is 1. The maximum Gasteiger partial charge on any atom is 0.341 e. The van der Waals surface area contributed by atoms with Gasteiger partial charge < -0.3 is 15.8 Å². The van der Waals surface area contributed by atoms with Crippen LogP contribution in [0.5, 0.6) is 0 Å². The highest BCUT2D eigenvalue weighted by molar-refractivity contribution is 6.21. The van der Waals surface area contributed by atoms with Crippen molar-refractivity contribution in [1.82, 2.24) is 10.3 Å². The molecule has 108 valence electrons. The Labute approximate surface area is 121 Å². The lowest BCUT2D eigenvalue weighted by Crippen LogP contribution is -2.22. The molecule has 1 aliphatic heterocycles. The summed E-state index contributed by atoms with van der Waals surface area (Å²) in [7, 11) is 0. The van der Waals surface area contributed by atoms with Crippen LogP contribution in [0, 0.1) is 5.41 Å². The maximum atomic E-state index is 11.6. The molecule has 0 aromatic carbocycles. The molecule has 0 spiro atoms. The number of aliphatic imine (C=N–C) groups is 1. The van der Waals surface area contributed by atoms with Crippen molar-refractivity contribution in [3.05, 3.63) is 47.7 Å². The van der Waals surface area contributed by atoms with E-state index in [0.29, 0.717) is 29.3 Å². The molecule has 0 fully saturated rings. The molecular formula is C14H15N5O2. The standard InChI is InChI=1S/C14H15N5O2/c1-2-21-14(20)9-7-18-13(19-8-9)11(12(15)16)10-5-3-4-6-17-10/h3-8,18H,2H2,1H3,(H3,15,16)/b13-11+. The predicted molar refractivity (Wildman–Crippen MR) is 79.4 cm³/mol. The SMILES string of the molecule is CCOC(=O)C1=CN/C(=C(\C(=N)N)c2ccccn2)N=C1. The summed E-state index contributed by atoms with van der Waals surface area (Å²) in [5.74, 6) is -0.273. The number of nitrogens with two attached hydrogens (primary N) is 1. The van der Waals surface area contributed by atoms with E-state index in [1.54, 1.807) is 31.3 Å². The predicted octanol–water partition coefficient (Wildman–Crippen LogP) is 0.807. The van der Waals surface area contributed by atoms with Gasteiger partial charge in [0, 0.05) is 18.6 Å². The van der Waals surface area contributed by atoms with Crippen molar-refractivity contribution in [3.63, 3.8) is 0 Å². The summed E-state index contributed by atoms with van der Waals surface area (Å²) in [6.07, 6.45) is 4.44. The van der Waals surface area contributed by atoms with Gasteiger partial charge in [0.2, 0.25) is 0 Å². The smallest absolute Gasteiger partial charge is 0.341 e. The molecule has 0 unspecified atom stereocenters. The van der Waals surface area contributed by atoms with Crippen LogP contribution in [0.2, 0.25) is 0 Å². The number of nitrogens with zero attached hydrogens (tertiary/aromatic N) is 2. The van der Waals surface area contributed by atoms with Crippen LogP contribution in [-0.2, 0) is 9.53 Å². The minimum absolute atomic E-state index is 0.165. The molecule has 1 aromatic heterocycles. The molecule has 0 saturated carbocycles. The van der Waals surface area contributed by atoms with E-state index in [1.165, 1.54) is 12.4 Å². The van der Waals surface area contributed by atoms with E-state index >= 15 is 0 Å². The van der Waals surface area contributed by atoms with Crippen molar-refractivity contribution in [2.75, 3.05) is 6.61 Å². The highest BCUT2D eigenvalue weighted by Crippen LogP contribution is 2.17. The minimum atomic E-state index is -0.463. The lowest BCUT2D eigenvalue weighted by Gasteiger charge is -2.14. The van der Waals surface area contributed by atoms with E-state index in [-0.39, 0.29) is 5.84 Å². The molecule has 0 bridgehead atoms. The first-order valence-corrected chi connectivity index (χ1v) is 6.31. The summed E-state index contributed by atoms with van der Waals surface area (Å²) < 4.78 is 4.88. The Morgan fingerprint density at radius 2 is 2.29 bits per heavy atom. The second kappa shape index (κ2) is 6.47.